The third-order valence-corrected chi connectivity index (χ3v) is 2.75. The maximum absolute atomic E-state index is 12.2. The highest BCUT2D eigenvalue weighted by Gasteiger charge is 2.25. The molecule has 0 aliphatic heterocycles. The first-order valence-electron chi connectivity index (χ1n) is 6.06. The van der Waals surface area contributed by atoms with Gasteiger partial charge in [-0.05, 0) is 39.0 Å². The number of rotatable bonds is 4. The van der Waals surface area contributed by atoms with Crippen LogP contribution in [-0.4, -0.2) is 29.9 Å². The summed E-state index contributed by atoms with van der Waals surface area (Å²) in [6.45, 7) is 5.11. The maximum atomic E-state index is 12.2. The smallest absolute Gasteiger partial charge is 0.415 e. The van der Waals surface area contributed by atoms with Crippen LogP contribution in [0.5, 0.6) is 0 Å². The van der Waals surface area contributed by atoms with Gasteiger partial charge in [0.2, 0.25) is 0 Å². The van der Waals surface area contributed by atoms with E-state index in [0.29, 0.717) is 10.7 Å². The summed E-state index contributed by atoms with van der Waals surface area (Å²) in [7, 11) is 0. The standard InChI is InChI=1S/C14H17Cl2NO3/c1-14(2,3)20-13(19)17(9-12(18)8-15)11-6-4-5-10(16)7-11/h4-7H,8-9H2,1-3H3. The second kappa shape index (κ2) is 6.95. The number of ether oxygens (including phenoxy) is 1. The Morgan fingerprint density at radius 1 is 1.30 bits per heavy atom. The predicted octanol–water partition coefficient (Wildman–Crippen LogP) is 3.89. The number of hydrogen-bond donors (Lipinski definition) is 0. The molecule has 110 valence electrons. The van der Waals surface area contributed by atoms with Crippen LogP contribution in [0.3, 0.4) is 0 Å². The van der Waals surface area contributed by atoms with Gasteiger partial charge >= 0.3 is 6.09 Å². The van der Waals surface area contributed by atoms with Gasteiger partial charge in [-0.1, -0.05) is 17.7 Å². The van der Waals surface area contributed by atoms with Crippen LogP contribution in [0, 0.1) is 0 Å². The van der Waals surface area contributed by atoms with E-state index in [4.69, 9.17) is 27.9 Å². The molecule has 0 aromatic heterocycles. The van der Waals surface area contributed by atoms with Crippen LogP contribution >= 0.6 is 23.2 Å². The fourth-order valence-corrected chi connectivity index (χ4v) is 1.71. The van der Waals surface area contributed by atoms with Crippen molar-refractivity contribution in [1.82, 2.24) is 0 Å². The number of carbonyl (C=O) groups is 2. The summed E-state index contributed by atoms with van der Waals surface area (Å²) in [5.41, 5.74) is -0.164. The number of ketones is 1. The minimum atomic E-state index is -0.655. The molecule has 1 aromatic rings. The first-order chi connectivity index (χ1) is 9.23. The van der Waals surface area contributed by atoms with Gasteiger partial charge in [0.15, 0.2) is 5.78 Å². The number of benzene rings is 1. The van der Waals surface area contributed by atoms with Crippen LogP contribution in [0.25, 0.3) is 0 Å². The summed E-state index contributed by atoms with van der Waals surface area (Å²) < 4.78 is 5.29. The van der Waals surface area contributed by atoms with E-state index in [0.717, 1.165) is 0 Å². The molecule has 20 heavy (non-hydrogen) atoms. The van der Waals surface area contributed by atoms with Crippen molar-refractivity contribution >= 4 is 40.8 Å². The van der Waals surface area contributed by atoms with Crippen LogP contribution in [0.15, 0.2) is 24.3 Å². The second-order valence-electron chi connectivity index (χ2n) is 5.22. The molecule has 0 bridgehead atoms. The molecule has 0 aliphatic rings. The van der Waals surface area contributed by atoms with E-state index >= 15 is 0 Å². The predicted molar refractivity (Wildman–Crippen MR) is 80.8 cm³/mol. The Labute approximate surface area is 128 Å². The fraction of sp³-hybridized carbons (Fsp3) is 0.429. The number of nitrogens with zero attached hydrogens (tertiary/aromatic N) is 1. The van der Waals surface area contributed by atoms with Crippen molar-refractivity contribution in [3.05, 3.63) is 29.3 Å². The molecule has 1 rings (SSSR count). The number of Topliss-reactive ketones (excluding diaryl/α,β-unsaturated/α-hetero) is 1. The zero-order chi connectivity index (χ0) is 15.3. The number of alkyl halides is 1. The van der Waals surface area contributed by atoms with Gasteiger partial charge in [-0.25, -0.2) is 4.79 Å². The first kappa shape index (κ1) is 16.8. The zero-order valence-corrected chi connectivity index (χ0v) is 13.2. The van der Waals surface area contributed by atoms with Crippen LogP contribution in [0.4, 0.5) is 10.5 Å². The van der Waals surface area contributed by atoms with E-state index in [2.05, 4.69) is 0 Å². The van der Waals surface area contributed by atoms with Crippen molar-refractivity contribution in [2.45, 2.75) is 26.4 Å². The molecule has 0 saturated carbocycles. The Kier molecular flexibility index (Phi) is 5.84. The van der Waals surface area contributed by atoms with Crippen molar-refractivity contribution in [3.63, 3.8) is 0 Å². The van der Waals surface area contributed by atoms with E-state index in [1.54, 1.807) is 45.0 Å². The molecule has 4 nitrogen and oxygen atoms in total. The van der Waals surface area contributed by atoms with E-state index in [-0.39, 0.29) is 18.2 Å². The summed E-state index contributed by atoms with van der Waals surface area (Å²) in [6.07, 6.45) is -0.613. The number of hydrogen-bond acceptors (Lipinski definition) is 3. The molecule has 1 aromatic carbocycles. The minimum Gasteiger partial charge on any atom is -0.443 e. The first-order valence-corrected chi connectivity index (χ1v) is 6.98. The lowest BCUT2D eigenvalue weighted by Gasteiger charge is -2.27. The Hall–Kier alpha value is -1.26. The molecule has 0 fully saturated rings. The Morgan fingerprint density at radius 2 is 1.95 bits per heavy atom. The number of carbonyl (C=O) groups excluding carboxylic acids is 2. The topological polar surface area (TPSA) is 46.6 Å². The lowest BCUT2D eigenvalue weighted by molar-refractivity contribution is -0.115. The van der Waals surface area contributed by atoms with Crippen LogP contribution in [-0.2, 0) is 9.53 Å². The van der Waals surface area contributed by atoms with Crippen LogP contribution in [0.2, 0.25) is 5.02 Å². The van der Waals surface area contributed by atoms with Crippen LogP contribution in [0.1, 0.15) is 20.8 Å². The summed E-state index contributed by atoms with van der Waals surface area (Å²) in [5, 5.41) is 0.467. The second-order valence-corrected chi connectivity index (χ2v) is 5.92. The average molecular weight is 318 g/mol. The summed E-state index contributed by atoms with van der Waals surface area (Å²) in [5.74, 6) is -0.447. The largest absolute Gasteiger partial charge is 0.443 e. The van der Waals surface area contributed by atoms with Crippen molar-refractivity contribution in [1.29, 1.82) is 0 Å². The van der Waals surface area contributed by atoms with Gasteiger partial charge in [0.05, 0.1) is 12.4 Å². The van der Waals surface area contributed by atoms with E-state index in [1.165, 1.54) is 4.90 Å². The molecule has 0 radical (unpaired) electrons. The highest BCUT2D eigenvalue weighted by Crippen LogP contribution is 2.22. The van der Waals surface area contributed by atoms with Gasteiger partial charge in [-0.3, -0.25) is 9.69 Å². The number of amides is 1. The van der Waals surface area contributed by atoms with E-state index in [1.807, 2.05) is 0 Å². The SMILES string of the molecule is CC(C)(C)OC(=O)N(CC(=O)CCl)c1cccc(Cl)c1. The number of halogens is 2. The molecule has 6 heteroatoms. The van der Waals surface area contributed by atoms with Crippen LogP contribution < -0.4 is 4.90 Å². The highest BCUT2D eigenvalue weighted by atomic mass is 35.5. The van der Waals surface area contributed by atoms with Crippen molar-refractivity contribution in [3.8, 4) is 0 Å². The summed E-state index contributed by atoms with van der Waals surface area (Å²) in [4.78, 5) is 24.9. The van der Waals surface area contributed by atoms with E-state index < -0.39 is 11.7 Å². The van der Waals surface area contributed by atoms with Crippen molar-refractivity contribution < 1.29 is 14.3 Å². The zero-order valence-electron chi connectivity index (χ0n) is 11.7. The summed E-state index contributed by atoms with van der Waals surface area (Å²) >= 11 is 11.4. The van der Waals surface area contributed by atoms with E-state index in [9.17, 15) is 9.59 Å². The molecule has 0 spiro atoms. The Balaban J connectivity index is 3.02. The molecular weight excluding hydrogens is 301 g/mol. The molecule has 0 aliphatic carbocycles. The molecule has 0 saturated heterocycles. The number of anilines is 1. The quantitative estimate of drug-likeness (QED) is 0.791. The molecule has 0 atom stereocenters. The molecule has 0 heterocycles. The summed E-state index contributed by atoms with van der Waals surface area (Å²) in [6, 6.07) is 6.65. The normalized spacial score (nSPS) is 11.1. The molecule has 0 N–H and O–H groups in total. The average Bonchev–Trinajstić information content (AvgIpc) is 2.33. The molecular formula is C14H17Cl2NO3. The monoisotopic (exact) mass is 317 g/mol. The maximum Gasteiger partial charge on any atom is 0.415 e. The van der Waals surface area contributed by atoms with Crippen molar-refractivity contribution in [2.75, 3.05) is 17.3 Å². The highest BCUT2D eigenvalue weighted by molar-refractivity contribution is 6.31. The Morgan fingerprint density at radius 3 is 2.45 bits per heavy atom. The lowest BCUT2D eigenvalue weighted by Crippen LogP contribution is -2.40. The van der Waals surface area contributed by atoms with Gasteiger partial charge < -0.3 is 4.74 Å². The van der Waals surface area contributed by atoms with Gasteiger partial charge in [0.1, 0.15) is 5.60 Å². The van der Waals surface area contributed by atoms with Gasteiger partial charge in [-0.15, -0.1) is 11.6 Å². The van der Waals surface area contributed by atoms with Crippen molar-refractivity contribution in [2.24, 2.45) is 0 Å². The molecule has 1 amide bonds. The lowest BCUT2D eigenvalue weighted by atomic mass is 10.2. The molecule has 0 unspecified atom stereocenters. The third kappa shape index (κ3) is 5.39. The Bertz CT molecular complexity index is 497. The van der Waals surface area contributed by atoms with Gasteiger partial charge in [0.25, 0.3) is 0 Å². The third-order valence-electron chi connectivity index (χ3n) is 2.22. The van der Waals surface area contributed by atoms with Gasteiger partial charge in [-0.2, -0.15) is 0 Å². The van der Waals surface area contributed by atoms with Gasteiger partial charge in [0, 0.05) is 10.7 Å². The minimum absolute atomic E-state index is 0.154. The fourth-order valence-electron chi connectivity index (χ4n) is 1.44.